The molecule has 1 spiro atoms. The van der Waals surface area contributed by atoms with Crippen LogP contribution in [0.1, 0.15) is 45.4 Å². The van der Waals surface area contributed by atoms with E-state index in [4.69, 9.17) is 4.74 Å². The summed E-state index contributed by atoms with van der Waals surface area (Å²) in [6, 6.07) is 0.0920. The molecule has 0 radical (unpaired) electrons. The van der Waals surface area contributed by atoms with E-state index in [1.807, 2.05) is 6.92 Å². The number of hydrogen-bond donors (Lipinski definition) is 1. The van der Waals surface area contributed by atoms with Gasteiger partial charge in [-0.3, -0.25) is 0 Å². The van der Waals surface area contributed by atoms with Crippen molar-refractivity contribution in [2.45, 2.75) is 57.6 Å². The zero-order valence-corrected chi connectivity index (χ0v) is 11.6. The van der Waals surface area contributed by atoms with E-state index >= 15 is 0 Å². The highest BCUT2D eigenvalue weighted by molar-refractivity contribution is 7.88. The van der Waals surface area contributed by atoms with Crippen molar-refractivity contribution >= 4 is 10.0 Å². The number of sulfonamides is 1. The molecular weight excluding hydrogens is 238 g/mol. The lowest BCUT2D eigenvalue weighted by molar-refractivity contribution is -0.144. The summed E-state index contributed by atoms with van der Waals surface area (Å²) in [5.74, 6) is 0. The smallest absolute Gasteiger partial charge is 0.208 e. The fourth-order valence-electron chi connectivity index (χ4n) is 3.49. The van der Waals surface area contributed by atoms with E-state index in [1.54, 1.807) is 0 Å². The Hall–Kier alpha value is -0.130. The van der Waals surface area contributed by atoms with Gasteiger partial charge in [-0.25, -0.2) is 13.1 Å². The van der Waals surface area contributed by atoms with Crippen molar-refractivity contribution in [2.75, 3.05) is 12.9 Å². The Labute approximate surface area is 104 Å². The van der Waals surface area contributed by atoms with Gasteiger partial charge in [-0.1, -0.05) is 19.3 Å². The molecule has 0 saturated heterocycles. The maximum Gasteiger partial charge on any atom is 0.208 e. The normalized spacial score (nSPS) is 32.4. The molecular formula is C12H23NO3S. The van der Waals surface area contributed by atoms with Crippen molar-refractivity contribution in [1.29, 1.82) is 0 Å². The lowest BCUT2D eigenvalue weighted by Gasteiger charge is -2.57. The third-order valence-electron chi connectivity index (χ3n) is 4.29. The van der Waals surface area contributed by atoms with Gasteiger partial charge >= 0.3 is 0 Å². The third kappa shape index (κ3) is 2.66. The van der Waals surface area contributed by atoms with E-state index in [2.05, 4.69) is 4.72 Å². The Balaban J connectivity index is 2.08. The molecule has 2 atom stereocenters. The third-order valence-corrected chi connectivity index (χ3v) is 5.01. The summed E-state index contributed by atoms with van der Waals surface area (Å²) in [6.45, 7) is 2.73. The average Bonchev–Trinajstić information content (AvgIpc) is 2.27. The second-order valence-corrected chi connectivity index (χ2v) is 7.20. The summed E-state index contributed by atoms with van der Waals surface area (Å²) >= 11 is 0. The first-order valence-corrected chi connectivity index (χ1v) is 8.46. The molecule has 2 aliphatic rings. The van der Waals surface area contributed by atoms with E-state index in [0.29, 0.717) is 0 Å². The molecule has 0 unspecified atom stereocenters. The molecule has 0 aliphatic heterocycles. The van der Waals surface area contributed by atoms with Crippen molar-refractivity contribution in [3.8, 4) is 0 Å². The van der Waals surface area contributed by atoms with Crippen molar-refractivity contribution in [2.24, 2.45) is 5.41 Å². The minimum Gasteiger partial charge on any atom is -0.378 e. The molecule has 0 bridgehead atoms. The van der Waals surface area contributed by atoms with Crippen LogP contribution in [0.3, 0.4) is 0 Å². The summed E-state index contributed by atoms with van der Waals surface area (Å²) in [5.41, 5.74) is 0.0807. The van der Waals surface area contributed by atoms with Crippen LogP contribution in [-0.2, 0) is 14.8 Å². The monoisotopic (exact) mass is 261 g/mol. The van der Waals surface area contributed by atoms with E-state index in [9.17, 15) is 8.42 Å². The highest BCUT2D eigenvalue weighted by atomic mass is 32.2. The average molecular weight is 261 g/mol. The van der Waals surface area contributed by atoms with E-state index in [1.165, 1.54) is 25.5 Å². The first kappa shape index (κ1) is 13.3. The van der Waals surface area contributed by atoms with Gasteiger partial charge in [0.25, 0.3) is 0 Å². The molecule has 0 amide bonds. The van der Waals surface area contributed by atoms with Crippen LogP contribution < -0.4 is 4.72 Å². The van der Waals surface area contributed by atoms with Crippen LogP contribution in [0, 0.1) is 5.41 Å². The predicted molar refractivity (Wildman–Crippen MR) is 67.3 cm³/mol. The zero-order valence-electron chi connectivity index (χ0n) is 10.7. The van der Waals surface area contributed by atoms with Crippen LogP contribution in [-0.4, -0.2) is 33.4 Å². The van der Waals surface area contributed by atoms with Gasteiger partial charge < -0.3 is 4.74 Å². The lowest BCUT2D eigenvalue weighted by Crippen LogP contribution is -2.65. The van der Waals surface area contributed by atoms with E-state index in [0.717, 1.165) is 25.9 Å². The second kappa shape index (κ2) is 4.86. The molecule has 1 N–H and O–H groups in total. The minimum atomic E-state index is -3.10. The highest BCUT2D eigenvalue weighted by Crippen LogP contribution is 2.53. The van der Waals surface area contributed by atoms with Gasteiger partial charge in [-0.05, 0) is 26.2 Å². The molecule has 17 heavy (non-hydrogen) atoms. The molecule has 0 aromatic carbocycles. The second-order valence-electron chi connectivity index (χ2n) is 5.42. The van der Waals surface area contributed by atoms with Crippen LogP contribution >= 0.6 is 0 Å². The van der Waals surface area contributed by atoms with Gasteiger partial charge in [0.15, 0.2) is 0 Å². The first-order valence-electron chi connectivity index (χ1n) is 6.57. The Morgan fingerprint density at radius 1 is 1.29 bits per heavy atom. The Bertz CT molecular complexity index is 360. The van der Waals surface area contributed by atoms with Gasteiger partial charge in [-0.2, -0.15) is 0 Å². The zero-order chi connectivity index (χ0) is 12.5. The van der Waals surface area contributed by atoms with Gasteiger partial charge in [0, 0.05) is 18.1 Å². The number of hydrogen-bond acceptors (Lipinski definition) is 3. The Morgan fingerprint density at radius 3 is 2.47 bits per heavy atom. The van der Waals surface area contributed by atoms with Crippen molar-refractivity contribution in [3.63, 3.8) is 0 Å². The number of nitrogens with one attached hydrogen (secondary N) is 1. The van der Waals surface area contributed by atoms with Crippen LogP contribution in [0.15, 0.2) is 0 Å². The topological polar surface area (TPSA) is 55.4 Å². The van der Waals surface area contributed by atoms with Crippen molar-refractivity contribution < 1.29 is 13.2 Å². The van der Waals surface area contributed by atoms with E-state index in [-0.39, 0.29) is 17.6 Å². The fraction of sp³-hybridized carbons (Fsp3) is 1.00. The molecule has 2 aliphatic carbocycles. The SMILES string of the molecule is CCO[C@H]1C[C@H](NS(C)(=O)=O)C12CCCCC2. The molecule has 0 heterocycles. The summed E-state index contributed by atoms with van der Waals surface area (Å²) < 4.78 is 31.3. The summed E-state index contributed by atoms with van der Waals surface area (Å²) in [6.07, 6.45) is 8.21. The van der Waals surface area contributed by atoms with Gasteiger partial charge in [-0.15, -0.1) is 0 Å². The quantitative estimate of drug-likeness (QED) is 0.837. The maximum absolute atomic E-state index is 11.4. The first-order chi connectivity index (χ1) is 7.98. The van der Waals surface area contributed by atoms with Crippen LogP contribution in [0.25, 0.3) is 0 Å². The standard InChI is InChI=1S/C12H23NO3S/c1-3-16-11-9-10(13-17(2,14)15)12(11)7-5-4-6-8-12/h10-11,13H,3-9H2,1-2H3/t10-,11-/m0/s1. The van der Waals surface area contributed by atoms with Gasteiger partial charge in [0.05, 0.1) is 12.4 Å². The molecule has 2 rings (SSSR count). The molecule has 2 fully saturated rings. The molecule has 4 nitrogen and oxygen atoms in total. The van der Waals surface area contributed by atoms with Crippen LogP contribution in [0.4, 0.5) is 0 Å². The molecule has 0 aromatic rings. The van der Waals surface area contributed by atoms with Gasteiger partial charge in [0.2, 0.25) is 10.0 Å². The Kier molecular flexibility index (Phi) is 3.80. The summed E-state index contributed by atoms with van der Waals surface area (Å²) in [7, 11) is -3.10. The van der Waals surface area contributed by atoms with Gasteiger partial charge in [0.1, 0.15) is 0 Å². The molecule has 2 saturated carbocycles. The summed E-state index contributed by atoms with van der Waals surface area (Å²) in [4.78, 5) is 0. The van der Waals surface area contributed by atoms with Crippen molar-refractivity contribution in [3.05, 3.63) is 0 Å². The molecule has 0 aromatic heterocycles. The van der Waals surface area contributed by atoms with Crippen molar-refractivity contribution in [1.82, 2.24) is 4.72 Å². The fourth-order valence-corrected chi connectivity index (χ4v) is 4.33. The Morgan fingerprint density at radius 2 is 1.94 bits per heavy atom. The summed E-state index contributed by atoms with van der Waals surface area (Å²) in [5, 5.41) is 0. The van der Waals surface area contributed by atoms with E-state index < -0.39 is 10.0 Å². The highest BCUT2D eigenvalue weighted by Gasteiger charge is 2.56. The van der Waals surface area contributed by atoms with Crippen LogP contribution in [0.5, 0.6) is 0 Å². The molecule has 100 valence electrons. The maximum atomic E-state index is 11.4. The lowest BCUT2D eigenvalue weighted by atomic mass is 9.55. The number of ether oxygens (including phenoxy) is 1. The molecule has 5 heteroatoms. The number of rotatable bonds is 4. The van der Waals surface area contributed by atoms with Crippen LogP contribution in [0.2, 0.25) is 0 Å². The largest absolute Gasteiger partial charge is 0.378 e. The minimum absolute atomic E-state index is 0.0807. The predicted octanol–water partition coefficient (Wildman–Crippen LogP) is 1.66.